The van der Waals surface area contributed by atoms with Crippen LogP contribution in [0.4, 0.5) is 20.2 Å². The van der Waals surface area contributed by atoms with Gasteiger partial charge in [0, 0.05) is 6.07 Å². The minimum absolute atomic E-state index is 0.00796. The number of hydrogen-bond acceptors (Lipinski definition) is 3. The van der Waals surface area contributed by atoms with Crippen LogP contribution in [0.1, 0.15) is 11.4 Å². The van der Waals surface area contributed by atoms with E-state index >= 15 is 0 Å². The molecule has 0 saturated heterocycles. The first-order valence-corrected chi connectivity index (χ1v) is 4.96. The molecule has 1 aromatic carbocycles. The van der Waals surface area contributed by atoms with Crippen molar-refractivity contribution in [3.63, 3.8) is 0 Å². The summed E-state index contributed by atoms with van der Waals surface area (Å²) in [7, 11) is 0. The summed E-state index contributed by atoms with van der Waals surface area (Å²) in [6.45, 7) is 3.55. The number of hydrogen-bond donors (Lipinski definition) is 1. The predicted molar refractivity (Wildman–Crippen MR) is 58.6 cm³/mol. The SMILES string of the molecule is Cc1n[nH]c(C)c1N=Nc1ccc(F)cc1F. The van der Waals surface area contributed by atoms with Gasteiger partial charge in [-0.1, -0.05) is 0 Å². The van der Waals surface area contributed by atoms with Crippen LogP contribution in [-0.4, -0.2) is 10.2 Å². The second-order valence-electron chi connectivity index (χ2n) is 3.58. The maximum Gasteiger partial charge on any atom is 0.153 e. The van der Waals surface area contributed by atoms with E-state index < -0.39 is 11.6 Å². The van der Waals surface area contributed by atoms with E-state index in [-0.39, 0.29) is 5.69 Å². The molecular formula is C11H10F2N4. The van der Waals surface area contributed by atoms with Crippen LogP contribution >= 0.6 is 0 Å². The van der Waals surface area contributed by atoms with Gasteiger partial charge in [0.05, 0.1) is 11.4 Å². The van der Waals surface area contributed by atoms with Crippen molar-refractivity contribution in [1.29, 1.82) is 0 Å². The first-order valence-electron chi connectivity index (χ1n) is 4.96. The molecule has 0 radical (unpaired) electrons. The van der Waals surface area contributed by atoms with Gasteiger partial charge in [0.15, 0.2) is 5.82 Å². The minimum Gasteiger partial charge on any atom is -0.280 e. The average molecular weight is 236 g/mol. The van der Waals surface area contributed by atoms with E-state index in [2.05, 4.69) is 20.4 Å². The van der Waals surface area contributed by atoms with Crippen molar-refractivity contribution in [3.05, 3.63) is 41.2 Å². The molecule has 4 nitrogen and oxygen atoms in total. The van der Waals surface area contributed by atoms with Crippen LogP contribution in [0.5, 0.6) is 0 Å². The largest absolute Gasteiger partial charge is 0.280 e. The molecule has 0 aliphatic rings. The van der Waals surface area contributed by atoms with Crippen molar-refractivity contribution in [2.75, 3.05) is 0 Å². The number of aryl methyl sites for hydroxylation is 2. The third kappa shape index (κ3) is 2.35. The van der Waals surface area contributed by atoms with Crippen LogP contribution in [-0.2, 0) is 0 Å². The van der Waals surface area contributed by atoms with Crippen LogP contribution in [0.25, 0.3) is 0 Å². The Balaban J connectivity index is 2.32. The number of benzene rings is 1. The molecule has 0 amide bonds. The molecule has 1 heterocycles. The molecule has 2 aromatic rings. The number of nitrogens with one attached hydrogen (secondary N) is 1. The van der Waals surface area contributed by atoms with Crippen molar-refractivity contribution in [1.82, 2.24) is 10.2 Å². The Labute approximate surface area is 96.4 Å². The number of nitrogens with zero attached hydrogens (tertiary/aromatic N) is 3. The van der Waals surface area contributed by atoms with Gasteiger partial charge in [-0.25, -0.2) is 8.78 Å². The summed E-state index contributed by atoms with van der Waals surface area (Å²) < 4.78 is 25.9. The van der Waals surface area contributed by atoms with Gasteiger partial charge in [0.25, 0.3) is 0 Å². The Hall–Kier alpha value is -2.11. The maximum absolute atomic E-state index is 13.3. The minimum atomic E-state index is -0.743. The molecule has 0 aliphatic carbocycles. The van der Waals surface area contributed by atoms with Gasteiger partial charge in [-0.3, -0.25) is 5.10 Å². The molecule has 1 aromatic heterocycles. The average Bonchev–Trinajstić information content (AvgIpc) is 2.58. The van der Waals surface area contributed by atoms with Gasteiger partial charge < -0.3 is 0 Å². The van der Waals surface area contributed by atoms with E-state index in [0.29, 0.717) is 11.4 Å². The molecule has 2 rings (SSSR count). The van der Waals surface area contributed by atoms with Crippen molar-refractivity contribution in [2.45, 2.75) is 13.8 Å². The Morgan fingerprint density at radius 2 is 1.94 bits per heavy atom. The van der Waals surface area contributed by atoms with Crippen LogP contribution in [0, 0.1) is 25.5 Å². The third-order valence-electron chi connectivity index (χ3n) is 2.26. The van der Waals surface area contributed by atoms with Gasteiger partial charge in [-0.05, 0) is 26.0 Å². The Kier molecular flexibility index (Phi) is 2.95. The van der Waals surface area contributed by atoms with Crippen LogP contribution < -0.4 is 0 Å². The fourth-order valence-electron chi connectivity index (χ4n) is 1.36. The summed E-state index contributed by atoms with van der Waals surface area (Å²) in [4.78, 5) is 0. The molecule has 17 heavy (non-hydrogen) atoms. The van der Waals surface area contributed by atoms with Gasteiger partial charge >= 0.3 is 0 Å². The Morgan fingerprint density at radius 3 is 2.53 bits per heavy atom. The first kappa shape index (κ1) is 11.4. The fourth-order valence-corrected chi connectivity index (χ4v) is 1.36. The normalized spacial score (nSPS) is 11.3. The zero-order valence-corrected chi connectivity index (χ0v) is 9.33. The number of H-pyrrole nitrogens is 1. The molecule has 0 fully saturated rings. The van der Waals surface area contributed by atoms with Crippen molar-refractivity contribution in [2.24, 2.45) is 10.2 Å². The van der Waals surface area contributed by atoms with E-state index in [1.165, 1.54) is 6.07 Å². The lowest BCUT2D eigenvalue weighted by molar-refractivity contribution is 0.584. The highest BCUT2D eigenvalue weighted by Crippen LogP contribution is 2.25. The summed E-state index contributed by atoms with van der Waals surface area (Å²) >= 11 is 0. The molecule has 0 unspecified atom stereocenters. The second-order valence-corrected chi connectivity index (χ2v) is 3.58. The lowest BCUT2D eigenvalue weighted by Gasteiger charge is -1.95. The topological polar surface area (TPSA) is 53.4 Å². The smallest absolute Gasteiger partial charge is 0.153 e. The Bertz CT molecular complexity index is 555. The van der Waals surface area contributed by atoms with E-state index in [9.17, 15) is 8.78 Å². The first-order chi connectivity index (χ1) is 8.08. The van der Waals surface area contributed by atoms with Gasteiger partial charge in [0.2, 0.25) is 0 Å². The lowest BCUT2D eigenvalue weighted by atomic mass is 10.3. The van der Waals surface area contributed by atoms with E-state index in [1.54, 1.807) is 13.8 Å². The zero-order valence-electron chi connectivity index (χ0n) is 9.33. The van der Waals surface area contributed by atoms with Crippen LogP contribution in [0.2, 0.25) is 0 Å². The van der Waals surface area contributed by atoms with Gasteiger partial charge in [-0.2, -0.15) is 5.10 Å². The molecule has 0 spiro atoms. The standard InChI is InChI=1S/C11H10F2N4/c1-6-11(7(2)15-14-6)17-16-10-4-3-8(12)5-9(10)13/h3-5H,1-2H3,(H,14,15). The van der Waals surface area contributed by atoms with Crippen LogP contribution in [0.3, 0.4) is 0 Å². The van der Waals surface area contributed by atoms with Crippen molar-refractivity contribution in [3.8, 4) is 0 Å². The number of halogens is 2. The molecule has 0 saturated carbocycles. The summed E-state index contributed by atoms with van der Waals surface area (Å²) in [6, 6.07) is 3.13. The van der Waals surface area contributed by atoms with E-state index in [4.69, 9.17) is 0 Å². The molecule has 0 aliphatic heterocycles. The lowest BCUT2D eigenvalue weighted by Crippen LogP contribution is -1.78. The molecule has 0 bridgehead atoms. The maximum atomic E-state index is 13.3. The molecule has 6 heteroatoms. The molecule has 0 atom stereocenters. The summed E-state index contributed by atoms with van der Waals surface area (Å²) in [5.41, 5.74) is 1.97. The van der Waals surface area contributed by atoms with Gasteiger partial charge in [0.1, 0.15) is 17.2 Å². The number of aromatic amines is 1. The van der Waals surface area contributed by atoms with E-state index in [1.807, 2.05) is 0 Å². The van der Waals surface area contributed by atoms with E-state index in [0.717, 1.165) is 17.8 Å². The highest BCUT2D eigenvalue weighted by atomic mass is 19.1. The third-order valence-corrected chi connectivity index (χ3v) is 2.26. The molecular weight excluding hydrogens is 226 g/mol. The highest BCUT2D eigenvalue weighted by molar-refractivity contribution is 5.46. The van der Waals surface area contributed by atoms with Crippen LogP contribution in [0.15, 0.2) is 28.4 Å². The summed E-state index contributed by atoms with van der Waals surface area (Å²) in [6.07, 6.45) is 0. The fraction of sp³-hybridized carbons (Fsp3) is 0.182. The highest BCUT2D eigenvalue weighted by Gasteiger charge is 2.06. The predicted octanol–water partition coefficient (Wildman–Crippen LogP) is 3.72. The number of rotatable bonds is 2. The number of aromatic nitrogens is 2. The molecule has 1 N–H and O–H groups in total. The summed E-state index contributed by atoms with van der Waals surface area (Å²) in [5, 5.41) is 14.3. The zero-order chi connectivity index (χ0) is 12.4. The summed E-state index contributed by atoms with van der Waals surface area (Å²) in [5.74, 6) is -1.38. The molecule has 88 valence electrons. The van der Waals surface area contributed by atoms with Gasteiger partial charge in [-0.15, -0.1) is 10.2 Å². The quantitative estimate of drug-likeness (QED) is 0.794. The van der Waals surface area contributed by atoms with Crippen molar-refractivity contribution >= 4 is 11.4 Å². The monoisotopic (exact) mass is 236 g/mol. The Morgan fingerprint density at radius 1 is 1.18 bits per heavy atom. The number of azo groups is 1. The second kappa shape index (κ2) is 4.40. The van der Waals surface area contributed by atoms with Crippen molar-refractivity contribution < 1.29 is 8.78 Å².